The molecular weight excluding hydrogens is 736 g/mol. The molecule has 7 aromatic rings. The molecule has 45 heavy (non-hydrogen) atoms. The first kappa shape index (κ1) is 30.6. The van der Waals surface area contributed by atoms with Crippen molar-refractivity contribution < 1.29 is 25.8 Å². The van der Waals surface area contributed by atoms with Gasteiger partial charge in [0.1, 0.15) is 5.82 Å². The summed E-state index contributed by atoms with van der Waals surface area (Å²) >= 11 is 0. The van der Waals surface area contributed by atoms with Crippen LogP contribution < -0.4 is 4.74 Å². The van der Waals surface area contributed by atoms with Crippen LogP contribution in [0.2, 0.25) is 0 Å². The van der Waals surface area contributed by atoms with E-state index in [1.165, 1.54) is 22.3 Å². The van der Waals surface area contributed by atoms with Crippen molar-refractivity contribution in [2.24, 2.45) is 0 Å². The number of hydrogen-bond donors (Lipinski definition) is 0. The van der Waals surface area contributed by atoms with Crippen molar-refractivity contribution in [2.75, 3.05) is 0 Å². The Morgan fingerprint density at radius 2 is 1.53 bits per heavy atom. The molecule has 0 fully saturated rings. The largest absolute Gasteiger partial charge is 2.00 e. The van der Waals surface area contributed by atoms with Crippen molar-refractivity contribution in [1.29, 1.82) is 0 Å². The number of ether oxygens (including phenoxy) is 1. The van der Waals surface area contributed by atoms with Crippen LogP contribution in [0.5, 0.6) is 11.5 Å². The minimum atomic E-state index is 0. The number of nitrogens with zero attached hydrogens (tertiary/aromatic N) is 4. The van der Waals surface area contributed by atoms with E-state index in [9.17, 15) is 0 Å². The first-order valence-corrected chi connectivity index (χ1v) is 15.1. The number of rotatable bonds is 6. The summed E-state index contributed by atoms with van der Waals surface area (Å²) in [7, 11) is 0. The zero-order valence-corrected chi connectivity index (χ0v) is 28.5. The average Bonchev–Trinajstić information content (AvgIpc) is 3.50. The third-order valence-corrected chi connectivity index (χ3v) is 8.36. The Morgan fingerprint density at radius 3 is 2.33 bits per heavy atom. The third kappa shape index (κ3) is 5.40. The monoisotopic (exact) mass is 769 g/mol. The van der Waals surface area contributed by atoms with Crippen molar-refractivity contribution in [1.82, 2.24) is 19.3 Å². The zero-order chi connectivity index (χ0) is 30.5. The Labute approximate surface area is 278 Å². The first-order chi connectivity index (χ1) is 21.3. The molecular formula is C39H34N4OPt. The van der Waals surface area contributed by atoms with Gasteiger partial charge < -0.3 is 9.30 Å². The molecule has 0 N–H and O–H groups in total. The zero-order valence-electron chi connectivity index (χ0n) is 26.3. The third-order valence-electron chi connectivity index (χ3n) is 8.36. The van der Waals surface area contributed by atoms with Crippen molar-refractivity contribution in [3.8, 4) is 34.1 Å². The van der Waals surface area contributed by atoms with Crippen molar-refractivity contribution >= 4 is 21.8 Å². The van der Waals surface area contributed by atoms with Gasteiger partial charge in [-0.05, 0) is 85.1 Å². The Kier molecular flexibility index (Phi) is 8.24. The van der Waals surface area contributed by atoms with Crippen molar-refractivity contribution in [3.63, 3.8) is 0 Å². The van der Waals surface area contributed by atoms with E-state index in [1.54, 1.807) is 0 Å². The molecule has 5 nitrogen and oxygen atoms in total. The summed E-state index contributed by atoms with van der Waals surface area (Å²) in [5, 5.41) is 7.22. The number of hydrogen-bond acceptors (Lipinski definition) is 3. The number of fused-ring (bicyclic) bond motifs is 3. The van der Waals surface area contributed by atoms with E-state index >= 15 is 0 Å². The molecule has 0 saturated heterocycles. The van der Waals surface area contributed by atoms with Gasteiger partial charge in [0.15, 0.2) is 0 Å². The predicted molar refractivity (Wildman–Crippen MR) is 178 cm³/mol. The van der Waals surface area contributed by atoms with Gasteiger partial charge in [0, 0.05) is 34.5 Å². The van der Waals surface area contributed by atoms with Crippen LogP contribution in [0.25, 0.3) is 44.4 Å². The molecule has 0 saturated carbocycles. The fourth-order valence-electron chi connectivity index (χ4n) is 6.30. The second kappa shape index (κ2) is 12.1. The molecule has 0 unspecified atom stereocenters. The van der Waals surface area contributed by atoms with E-state index in [-0.39, 0.29) is 21.1 Å². The van der Waals surface area contributed by atoms with Gasteiger partial charge in [-0.25, -0.2) is 4.98 Å². The van der Waals surface area contributed by atoms with E-state index in [4.69, 9.17) is 9.84 Å². The van der Waals surface area contributed by atoms with Crippen LogP contribution in [-0.4, -0.2) is 19.3 Å². The fraction of sp³-hybridized carbons (Fsp3) is 0.179. The topological polar surface area (TPSA) is 44.9 Å². The molecule has 4 aromatic carbocycles. The number of aromatic nitrogens is 4. The van der Waals surface area contributed by atoms with E-state index in [0.717, 1.165) is 50.3 Å². The first-order valence-electron chi connectivity index (χ1n) is 15.1. The molecule has 0 bridgehead atoms. The van der Waals surface area contributed by atoms with Gasteiger partial charge in [-0.3, -0.25) is 4.68 Å². The maximum absolute atomic E-state index is 6.40. The van der Waals surface area contributed by atoms with Crippen LogP contribution in [0.3, 0.4) is 0 Å². The van der Waals surface area contributed by atoms with Crippen molar-refractivity contribution in [3.05, 3.63) is 131 Å². The molecule has 6 heteroatoms. The van der Waals surface area contributed by atoms with Crippen LogP contribution >= 0.6 is 0 Å². The van der Waals surface area contributed by atoms with E-state index < -0.39 is 0 Å². The fourth-order valence-corrected chi connectivity index (χ4v) is 6.30. The molecule has 226 valence electrons. The van der Waals surface area contributed by atoms with Crippen molar-refractivity contribution in [2.45, 2.75) is 47.5 Å². The van der Waals surface area contributed by atoms with Gasteiger partial charge in [0.2, 0.25) is 0 Å². The van der Waals surface area contributed by atoms with Crippen LogP contribution in [0, 0.1) is 39.8 Å². The van der Waals surface area contributed by atoms with E-state index in [2.05, 4.69) is 118 Å². The average molecular weight is 770 g/mol. The summed E-state index contributed by atoms with van der Waals surface area (Å²) in [6.07, 6.45) is 1.85. The van der Waals surface area contributed by atoms with Crippen LogP contribution in [0.15, 0.2) is 91.1 Å². The summed E-state index contributed by atoms with van der Waals surface area (Å²) in [4.78, 5) is 4.69. The van der Waals surface area contributed by atoms with Gasteiger partial charge in [-0.2, -0.15) is 17.2 Å². The maximum atomic E-state index is 6.40. The van der Waals surface area contributed by atoms with Gasteiger partial charge in [-0.15, -0.1) is 35.7 Å². The quantitative estimate of drug-likeness (QED) is 0.158. The summed E-state index contributed by atoms with van der Waals surface area (Å²) < 4.78 is 10.5. The van der Waals surface area contributed by atoms with E-state index in [1.807, 2.05) is 41.2 Å². The molecule has 0 aliphatic carbocycles. The summed E-state index contributed by atoms with van der Waals surface area (Å²) in [6.45, 7) is 13.0. The minimum Gasteiger partial charge on any atom is -0.509 e. The minimum absolute atomic E-state index is 0. The molecule has 3 heterocycles. The Balaban J connectivity index is 0.00000357. The van der Waals surface area contributed by atoms with Gasteiger partial charge in [-0.1, -0.05) is 55.8 Å². The Bertz CT molecular complexity index is 2190. The number of benzene rings is 4. The van der Waals surface area contributed by atoms with Crippen LogP contribution in [0.4, 0.5) is 0 Å². The predicted octanol–water partition coefficient (Wildman–Crippen LogP) is 9.78. The SMILES string of the molecule is Cc1ccnc(-n2c3[c-]c(Oc4[c-]c(-n5nc(C)c(-c6c(C)cccc6C(C)C)c5C)ccc4)ccc3c3ccccc32)c1.[Pt+2]. The molecule has 0 amide bonds. The maximum Gasteiger partial charge on any atom is 2.00 e. The second-order valence-electron chi connectivity index (χ2n) is 11.8. The van der Waals surface area contributed by atoms with Gasteiger partial charge >= 0.3 is 21.1 Å². The number of para-hydroxylation sites is 1. The second-order valence-corrected chi connectivity index (χ2v) is 11.8. The normalized spacial score (nSPS) is 11.4. The van der Waals surface area contributed by atoms with Crippen LogP contribution in [-0.2, 0) is 21.1 Å². The summed E-state index contributed by atoms with van der Waals surface area (Å²) in [5.41, 5.74) is 11.1. The molecule has 0 aliphatic heterocycles. The standard InChI is InChI=1S/C39H34N4O.Pt/c1-24(2)32-15-9-11-26(4)38(32)39-27(5)41-43(28(39)6)29-12-10-13-30(22-29)44-31-17-18-34-33-14-7-8-16-35(33)42(36(34)23-31)37-21-25(3)19-20-40-37;/h7-21,24H,1-6H3;/q-2;+2. The number of pyridine rings is 1. The molecule has 7 rings (SSSR count). The molecule has 3 aromatic heterocycles. The summed E-state index contributed by atoms with van der Waals surface area (Å²) in [5.74, 6) is 2.47. The van der Waals surface area contributed by atoms with Gasteiger partial charge in [0.25, 0.3) is 0 Å². The molecule has 0 atom stereocenters. The van der Waals surface area contributed by atoms with Gasteiger partial charge in [0.05, 0.1) is 5.69 Å². The number of aryl methyl sites for hydroxylation is 3. The Hall–Kier alpha value is -4.47. The summed E-state index contributed by atoms with van der Waals surface area (Å²) in [6, 6.07) is 36.0. The molecule has 0 spiro atoms. The Morgan fingerprint density at radius 1 is 0.756 bits per heavy atom. The smallest absolute Gasteiger partial charge is 0.509 e. The molecule has 0 aliphatic rings. The molecule has 0 radical (unpaired) electrons. The van der Waals surface area contributed by atoms with Crippen LogP contribution in [0.1, 0.15) is 47.8 Å². The van der Waals surface area contributed by atoms with E-state index in [0.29, 0.717) is 17.4 Å².